The molecular weight excluding hydrogens is 244 g/mol. The lowest BCUT2D eigenvalue weighted by molar-refractivity contribution is 0.0800. The predicted octanol–water partition coefficient (Wildman–Crippen LogP) is 1.72. The van der Waals surface area contributed by atoms with Gasteiger partial charge >= 0.3 is 8.80 Å². The van der Waals surface area contributed by atoms with Crippen LogP contribution in [0.15, 0.2) is 12.3 Å². The quantitative estimate of drug-likeness (QED) is 0.538. The van der Waals surface area contributed by atoms with Gasteiger partial charge in [0, 0.05) is 0 Å². The van der Waals surface area contributed by atoms with E-state index in [1.807, 2.05) is 33.4 Å². The van der Waals surface area contributed by atoms with Crippen LogP contribution in [0.5, 0.6) is 0 Å². The van der Waals surface area contributed by atoms with E-state index in [0.717, 1.165) is 0 Å². The molecule has 1 atom stereocenters. The molecule has 0 aromatic heterocycles. The summed E-state index contributed by atoms with van der Waals surface area (Å²) in [5, 5.41) is 0. The van der Waals surface area contributed by atoms with E-state index in [1.165, 1.54) is 0 Å². The molecule has 0 saturated carbocycles. The van der Waals surface area contributed by atoms with Crippen LogP contribution in [0.2, 0.25) is 6.55 Å². The lowest BCUT2D eigenvalue weighted by Crippen LogP contribution is -2.48. The molecule has 0 aliphatic heterocycles. The van der Waals surface area contributed by atoms with E-state index in [4.69, 9.17) is 21.7 Å². The summed E-state index contributed by atoms with van der Waals surface area (Å²) in [6.45, 7) is 13.4. The Morgan fingerprint density at radius 3 is 1.65 bits per heavy atom. The molecule has 0 spiro atoms. The standard InChI is InChI=1S/C13H22O2Si2/c1-9-12(4,5)14-17(16(8)11-3)15-13(6,7)10-2/h1-2,11,16-17H,3H2,4-8H3. The molecule has 1 unspecified atom stereocenters. The maximum Gasteiger partial charge on any atom is 0.303 e. The Morgan fingerprint density at radius 1 is 1.06 bits per heavy atom. The molecule has 4 heteroatoms. The van der Waals surface area contributed by atoms with Gasteiger partial charge in [0.05, 0.1) is 0 Å². The number of terminal acetylenes is 2. The van der Waals surface area contributed by atoms with Crippen LogP contribution in [-0.4, -0.2) is 28.3 Å². The van der Waals surface area contributed by atoms with Gasteiger partial charge < -0.3 is 8.85 Å². The maximum atomic E-state index is 5.95. The Morgan fingerprint density at radius 2 is 1.41 bits per heavy atom. The molecule has 0 radical (unpaired) electrons. The van der Waals surface area contributed by atoms with Crippen LogP contribution < -0.4 is 0 Å². The Labute approximate surface area is 109 Å². The van der Waals surface area contributed by atoms with Crippen molar-refractivity contribution in [3.05, 3.63) is 12.3 Å². The summed E-state index contributed by atoms with van der Waals surface area (Å²) in [5.41, 5.74) is 0.744. The Balaban J connectivity index is 4.88. The van der Waals surface area contributed by atoms with E-state index < -0.39 is 28.3 Å². The zero-order chi connectivity index (χ0) is 13.7. The Hall–Kier alpha value is -0.786. The van der Waals surface area contributed by atoms with Crippen LogP contribution in [0, 0.1) is 24.7 Å². The highest BCUT2D eigenvalue weighted by Crippen LogP contribution is 2.17. The van der Waals surface area contributed by atoms with Crippen LogP contribution in [0.3, 0.4) is 0 Å². The molecule has 17 heavy (non-hydrogen) atoms. The average Bonchev–Trinajstić information content (AvgIpc) is 2.26. The van der Waals surface area contributed by atoms with Crippen molar-refractivity contribution in [3.8, 4) is 24.7 Å². The highest BCUT2D eigenvalue weighted by molar-refractivity contribution is 7.18. The topological polar surface area (TPSA) is 18.5 Å². The third-order valence-electron chi connectivity index (χ3n) is 2.32. The molecule has 0 amide bonds. The zero-order valence-corrected chi connectivity index (χ0v) is 13.7. The van der Waals surface area contributed by atoms with Gasteiger partial charge in [-0.3, -0.25) is 0 Å². The van der Waals surface area contributed by atoms with E-state index in [9.17, 15) is 0 Å². The molecule has 0 aliphatic carbocycles. The molecule has 0 aliphatic rings. The molecule has 0 aromatic rings. The average molecular weight is 266 g/mol. The number of hydrogen-bond acceptors (Lipinski definition) is 2. The normalized spacial score (nSPS) is 13.9. The van der Waals surface area contributed by atoms with Crippen molar-refractivity contribution in [2.75, 3.05) is 0 Å². The first-order valence-electron chi connectivity index (χ1n) is 5.61. The van der Waals surface area contributed by atoms with Gasteiger partial charge in [0.15, 0.2) is 0 Å². The van der Waals surface area contributed by atoms with Crippen LogP contribution in [-0.2, 0) is 8.85 Å². The SMILES string of the molecule is C#CC(C)(C)O[SiH](OC(C)(C)C#C)[SiH](C)C=C. The summed E-state index contributed by atoms with van der Waals surface area (Å²) in [6.07, 6.45) is 10.9. The fourth-order valence-electron chi connectivity index (χ4n) is 0.999. The summed E-state index contributed by atoms with van der Waals surface area (Å²) < 4.78 is 11.9. The third-order valence-corrected chi connectivity index (χ3v) is 9.77. The summed E-state index contributed by atoms with van der Waals surface area (Å²) in [4.78, 5) is 0. The second-order valence-electron chi connectivity index (χ2n) is 5.01. The number of hydrogen-bond donors (Lipinski definition) is 0. The molecule has 0 rings (SSSR count). The Kier molecular flexibility index (Phi) is 5.94. The highest BCUT2D eigenvalue weighted by atomic mass is 29.2. The zero-order valence-electron chi connectivity index (χ0n) is 11.4. The monoisotopic (exact) mass is 266 g/mol. The second-order valence-corrected chi connectivity index (χ2v) is 13.2. The number of rotatable bonds is 6. The van der Waals surface area contributed by atoms with Crippen LogP contribution in [0.25, 0.3) is 0 Å². The van der Waals surface area contributed by atoms with Gasteiger partial charge in [-0.15, -0.1) is 25.1 Å². The molecule has 0 bridgehead atoms. The molecule has 0 aromatic carbocycles. The summed E-state index contributed by atoms with van der Waals surface area (Å²) in [6, 6.07) is 0. The van der Waals surface area contributed by atoms with Gasteiger partial charge in [0.1, 0.15) is 19.5 Å². The van der Waals surface area contributed by atoms with E-state index >= 15 is 0 Å². The fourth-order valence-corrected chi connectivity index (χ4v) is 6.99. The van der Waals surface area contributed by atoms with Crippen LogP contribution in [0.1, 0.15) is 27.7 Å². The van der Waals surface area contributed by atoms with Crippen molar-refractivity contribution >= 4 is 17.1 Å². The molecule has 0 N–H and O–H groups in total. The van der Waals surface area contributed by atoms with Gasteiger partial charge in [0.2, 0.25) is 0 Å². The summed E-state index contributed by atoms with van der Waals surface area (Å²) in [5.74, 6) is 5.25. The van der Waals surface area contributed by atoms with Gasteiger partial charge in [-0.05, 0) is 27.7 Å². The molecule has 94 valence electrons. The minimum Gasteiger partial charge on any atom is -0.382 e. The second kappa shape index (κ2) is 6.23. The van der Waals surface area contributed by atoms with E-state index in [0.29, 0.717) is 0 Å². The highest BCUT2D eigenvalue weighted by Gasteiger charge is 2.32. The van der Waals surface area contributed by atoms with E-state index in [-0.39, 0.29) is 0 Å². The van der Waals surface area contributed by atoms with E-state index in [1.54, 1.807) is 0 Å². The smallest absolute Gasteiger partial charge is 0.303 e. The van der Waals surface area contributed by atoms with Crippen LogP contribution in [0.4, 0.5) is 0 Å². The Bertz CT molecular complexity index is 319. The molecule has 0 heterocycles. The molecular formula is C13H22O2Si2. The fraction of sp³-hybridized carbons (Fsp3) is 0.538. The summed E-state index contributed by atoms with van der Waals surface area (Å²) in [7, 11) is -3.13. The van der Waals surface area contributed by atoms with Gasteiger partial charge in [-0.25, -0.2) is 0 Å². The maximum absolute atomic E-state index is 5.95. The van der Waals surface area contributed by atoms with Crippen molar-refractivity contribution in [1.82, 2.24) is 0 Å². The lowest BCUT2D eigenvalue weighted by atomic mass is 10.2. The van der Waals surface area contributed by atoms with Gasteiger partial charge in [-0.1, -0.05) is 18.4 Å². The van der Waals surface area contributed by atoms with Crippen molar-refractivity contribution in [3.63, 3.8) is 0 Å². The predicted molar refractivity (Wildman–Crippen MR) is 78.4 cm³/mol. The van der Waals surface area contributed by atoms with Crippen molar-refractivity contribution < 1.29 is 8.85 Å². The van der Waals surface area contributed by atoms with Crippen molar-refractivity contribution in [2.24, 2.45) is 0 Å². The third kappa shape index (κ3) is 5.90. The van der Waals surface area contributed by atoms with E-state index in [2.05, 4.69) is 25.0 Å². The van der Waals surface area contributed by atoms with Crippen molar-refractivity contribution in [1.29, 1.82) is 0 Å². The molecule has 0 fully saturated rings. The van der Waals surface area contributed by atoms with Crippen molar-refractivity contribution in [2.45, 2.75) is 45.4 Å². The first kappa shape index (κ1) is 16.2. The van der Waals surface area contributed by atoms with Gasteiger partial charge in [-0.2, -0.15) is 0 Å². The van der Waals surface area contributed by atoms with Gasteiger partial charge in [0.25, 0.3) is 0 Å². The minimum atomic E-state index is -1.88. The molecule has 0 saturated heterocycles. The van der Waals surface area contributed by atoms with Crippen LogP contribution >= 0.6 is 0 Å². The first-order valence-corrected chi connectivity index (χ1v) is 11.0. The lowest BCUT2D eigenvalue weighted by Gasteiger charge is -2.32. The minimum absolute atomic E-state index is 0.605. The first-order chi connectivity index (χ1) is 7.67. The summed E-state index contributed by atoms with van der Waals surface area (Å²) >= 11 is 0. The molecule has 2 nitrogen and oxygen atoms in total. The largest absolute Gasteiger partial charge is 0.382 e.